The molecule has 0 saturated carbocycles. The Bertz CT molecular complexity index is 872. The standard InChI is InChI=1S/C12H8Cl2F3N3O2/c1-19-9(12(15,16)17)4-10(21)20(11(19)22)8-3-7(18)5(13)2-6(8)14/h2-4H,18H2,1H3. The summed E-state index contributed by atoms with van der Waals surface area (Å²) in [5.41, 5.74) is 1.69. The fourth-order valence-electron chi connectivity index (χ4n) is 1.84. The predicted octanol–water partition coefficient (Wildman–Crippen LogP) is 2.44. The largest absolute Gasteiger partial charge is 0.431 e. The van der Waals surface area contributed by atoms with Gasteiger partial charge in [0, 0.05) is 13.1 Å². The number of alkyl halides is 3. The molecule has 118 valence electrons. The first kappa shape index (κ1) is 16.4. The van der Waals surface area contributed by atoms with Crippen LogP contribution in [0.5, 0.6) is 0 Å². The van der Waals surface area contributed by atoms with E-state index in [1.807, 2.05) is 0 Å². The van der Waals surface area contributed by atoms with Gasteiger partial charge in [0.15, 0.2) is 0 Å². The molecule has 0 amide bonds. The summed E-state index contributed by atoms with van der Waals surface area (Å²) < 4.78 is 39.1. The first-order chi connectivity index (χ1) is 10.0. The summed E-state index contributed by atoms with van der Waals surface area (Å²) in [5.74, 6) is 0. The van der Waals surface area contributed by atoms with Crippen LogP contribution >= 0.6 is 23.2 Å². The van der Waals surface area contributed by atoms with Crippen molar-refractivity contribution in [3.8, 4) is 5.69 Å². The summed E-state index contributed by atoms with van der Waals surface area (Å²) in [6.07, 6.45) is -4.84. The average molecular weight is 354 g/mol. The molecule has 0 bridgehead atoms. The number of rotatable bonds is 1. The lowest BCUT2D eigenvalue weighted by Crippen LogP contribution is -2.40. The highest BCUT2D eigenvalue weighted by molar-refractivity contribution is 6.37. The number of nitrogens with zero attached hydrogens (tertiary/aromatic N) is 2. The van der Waals surface area contributed by atoms with Gasteiger partial charge in [0.1, 0.15) is 5.69 Å². The second kappa shape index (κ2) is 5.36. The Kier molecular flexibility index (Phi) is 4.01. The molecule has 1 aromatic heterocycles. The minimum absolute atomic E-state index is 0.0231. The van der Waals surface area contributed by atoms with Crippen molar-refractivity contribution in [2.24, 2.45) is 7.05 Å². The van der Waals surface area contributed by atoms with Crippen molar-refractivity contribution in [3.63, 3.8) is 0 Å². The molecule has 0 spiro atoms. The van der Waals surface area contributed by atoms with Gasteiger partial charge >= 0.3 is 11.9 Å². The van der Waals surface area contributed by atoms with Crippen LogP contribution in [-0.4, -0.2) is 9.13 Å². The van der Waals surface area contributed by atoms with E-state index in [1.54, 1.807) is 0 Å². The van der Waals surface area contributed by atoms with Crippen LogP contribution in [0.3, 0.4) is 0 Å². The maximum atomic E-state index is 12.8. The van der Waals surface area contributed by atoms with Crippen LogP contribution in [0.1, 0.15) is 5.69 Å². The first-order valence-electron chi connectivity index (χ1n) is 5.69. The predicted molar refractivity (Wildman–Crippen MR) is 76.7 cm³/mol. The Morgan fingerprint density at radius 2 is 1.68 bits per heavy atom. The molecule has 10 heteroatoms. The van der Waals surface area contributed by atoms with Crippen molar-refractivity contribution < 1.29 is 13.2 Å². The topological polar surface area (TPSA) is 70.0 Å². The van der Waals surface area contributed by atoms with Crippen molar-refractivity contribution in [1.29, 1.82) is 0 Å². The SMILES string of the molecule is Cn1c(C(F)(F)F)cc(=O)n(-c2cc(N)c(Cl)cc2Cl)c1=O. The monoisotopic (exact) mass is 353 g/mol. The van der Waals surface area contributed by atoms with Crippen molar-refractivity contribution in [2.75, 3.05) is 5.73 Å². The number of halogens is 5. The summed E-state index contributed by atoms with van der Waals surface area (Å²) in [6.45, 7) is 0. The van der Waals surface area contributed by atoms with Crippen LogP contribution in [0.25, 0.3) is 5.69 Å². The molecule has 0 radical (unpaired) electrons. The Morgan fingerprint density at radius 1 is 1.09 bits per heavy atom. The molecule has 1 aromatic carbocycles. The molecule has 0 atom stereocenters. The number of hydrogen-bond donors (Lipinski definition) is 1. The van der Waals surface area contributed by atoms with Crippen LogP contribution in [0, 0.1) is 0 Å². The lowest BCUT2D eigenvalue weighted by atomic mass is 10.2. The number of nitrogens with two attached hydrogens (primary N) is 1. The van der Waals surface area contributed by atoms with E-state index in [4.69, 9.17) is 28.9 Å². The summed E-state index contributed by atoms with van der Waals surface area (Å²) in [7, 11) is 0.897. The third-order valence-corrected chi connectivity index (χ3v) is 3.55. The Morgan fingerprint density at radius 3 is 2.23 bits per heavy atom. The van der Waals surface area contributed by atoms with Crippen molar-refractivity contribution in [3.05, 3.63) is 54.8 Å². The number of aromatic nitrogens is 2. The molecule has 0 fully saturated rings. The second-order valence-corrected chi connectivity index (χ2v) is 5.18. The van der Waals surface area contributed by atoms with E-state index in [-0.39, 0.29) is 21.4 Å². The Balaban J connectivity index is 2.85. The van der Waals surface area contributed by atoms with E-state index in [0.717, 1.165) is 13.1 Å². The quantitative estimate of drug-likeness (QED) is 0.800. The molecule has 0 unspecified atom stereocenters. The highest BCUT2D eigenvalue weighted by Gasteiger charge is 2.35. The number of nitrogen functional groups attached to an aromatic ring is 1. The van der Waals surface area contributed by atoms with Gasteiger partial charge in [-0.3, -0.25) is 9.36 Å². The maximum Gasteiger partial charge on any atom is 0.431 e. The molecule has 22 heavy (non-hydrogen) atoms. The number of anilines is 1. The van der Waals surface area contributed by atoms with Gasteiger partial charge in [-0.1, -0.05) is 23.2 Å². The lowest BCUT2D eigenvalue weighted by Gasteiger charge is -2.15. The van der Waals surface area contributed by atoms with E-state index in [0.29, 0.717) is 15.2 Å². The number of benzene rings is 1. The Hall–Kier alpha value is -1.93. The van der Waals surface area contributed by atoms with Gasteiger partial charge in [0.05, 0.1) is 21.4 Å². The van der Waals surface area contributed by atoms with Gasteiger partial charge in [-0.25, -0.2) is 9.36 Å². The smallest absolute Gasteiger partial charge is 0.397 e. The van der Waals surface area contributed by atoms with Crippen LogP contribution in [-0.2, 0) is 13.2 Å². The summed E-state index contributed by atoms with van der Waals surface area (Å²) in [6, 6.07) is 2.64. The zero-order valence-electron chi connectivity index (χ0n) is 10.9. The molecule has 0 aliphatic heterocycles. The molecule has 1 heterocycles. The summed E-state index contributed by atoms with van der Waals surface area (Å²) in [5, 5.41) is -0.0105. The van der Waals surface area contributed by atoms with Crippen LogP contribution in [0.2, 0.25) is 10.0 Å². The molecule has 2 aromatic rings. The summed E-state index contributed by atoms with van der Waals surface area (Å²) >= 11 is 11.6. The van der Waals surface area contributed by atoms with E-state index in [9.17, 15) is 22.8 Å². The average Bonchev–Trinajstić information content (AvgIpc) is 2.38. The van der Waals surface area contributed by atoms with E-state index < -0.39 is 23.1 Å². The molecule has 5 nitrogen and oxygen atoms in total. The van der Waals surface area contributed by atoms with Gasteiger partial charge < -0.3 is 5.73 Å². The summed E-state index contributed by atoms with van der Waals surface area (Å²) in [4.78, 5) is 24.0. The normalized spacial score (nSPS) is 11.7. The minimum Gasteiger partial charge on any atom is -0.397 e. The third kappa shape index (κ3) is 2.71. The van der Waals surface area contributed by atoms with Crippen LogP contribution < -0.4 is 17.0 Å². The zero-order valence-corrected chi connectivity index (χ0v) is 12.4. The fraction of sp³-hybridized carbons (Fsp3) is 0.167. The third-order valence-electron chi connectivity index (χ3n) is 2.92. The van der Waals surface area contributed by atoms with Gasteiger partial charge in [-0.15, -0.1) is 0 Å². The van der Waals surface area contributed by atoms with Crippen molar-refractivity contribution >= 4 is 28.9 Å². The first-order valence-corrected chi connectivity index (χ1v) is 6.45. The zero-order chi connectivity index (χ0) is 16.8. The molecule has 0 aliphatic carbocycles. The molecular weight excluding hydrogens is 346 g/mol. The number of hydrogen-bond acceptors (Lipinski definition) is 3. The fourth-order valence-corrected chi connectivity index (χ4v) is 2.31. The molecule has 0 aliphatic rings. The molecule has 2 N–H and O–H groups in total. The van der Waals surface area contributed by atoms with E-state index >= 15 is 0 Å². The molecular formula is C12H8Cl2F3N3O2. The van der Waals surface area contributed by atoms with Crippen LogP contribution in [0.15, 0.2) is 27.8 Å². The van der Waals surface area contributed by atoms with Crippen molar-refractivity contribution in [1.82, 2.24) is 9.13 Å². The van der Waals surface area contributed by atoms with Gasteiger partial charge in [0.25, 0.3) is 5.56 Å². The van der Waals surface area contributed by atoms with Gasteiger partial charge in [-0.05, 0) is 12.1 Å². The van der Waals surface area contributed by atoms with E-state index in [1.165, 1.54) is 6.07 Å². The highest BCUT2D eigenvalue weighted by atomic mass is 35.5. The lowest BCUT2D eigenvalue weighted by molar-refractivity contribution is -0.144. The second-order valence-electron chi connectivity index (χ2n) is 4.37. The highest BCUT2D eigenvalue weighted by Crippen LogP contribution is 2.29. The van der Waals surface area contributed by atoms with E-state index in [2.05, 4.69) is 0 Å². The molecule has 0 saturated heterocycles. The van der Waals surface area contributed by atoms with Gasteiger partial charge in [-0.2, -0.15) is 13.2 Å². The minimum atomic E-state index is -4.84. The van der Waals surface area contributed by atoms with Crippen LogP contribution in [0.4, 0.5) is 18.9 Å². The van der Waals surface area contributed by atoms with Gasteiger partial charge in [0.2, 0.25) is 0 Å². The molecule has 2 rings (SSSR count). The Labute approximate surface area is 131 Å². The van der Waals surface area contributed by atoms with Crippen molar-refractivity contribution in [2.45, 2.75) is 6.18 Å². The maximum absolute atomic E-state index is 12.8.